The highest BCUT2D eigenvalue weighted by Crippen LogP contribution is 2.16. The zero-order valence-electron chi connectivity index (χ0n) is 8.77. The SMILES string of the molecule is CC(=CC(C)(C)C)CNC(=S)NN. The second-order valence-corrected chi connectivity index (χ2v) is 4.59. The first kappa shape index (κ1) is 12.4. The molecule has 0 radical (unpaired) electrons. The lowest BCUT2D eigenvalue weighted by Gasteiger charge is -2.15. The van der Waals surface area contributed by atoms with E-state index >= 15 is 0 Å². The Balaban J connectivity index is 3.94. The molecule has 0 aliphatic heterocycles. The van der Waals surface area contributed by atoms with Gasteiger partial charge < -0.3 is 10.7 Å². The predicted octanol–water partition coefficient (Wildman–Crippen LogP) is 1.32. The molecule has 0 saturated carbocycles. The topological polar surface area (TPSA) is 50.1 Å². The molecule has 0 aromatic heterocycles. The number of thiocarbonyl (C=S) groups is 1. The fourth-order valence-electron chi connectivity index (χ4n) is 1.06. The quantitative estimate of drug-likeness (QED) is 0.273. The van der Waals surface area contributed by atoms with Crippen LogP contribution in [0.3, 0.4) is 0 Å². The molecule has 0 saturated heterocycles. The van der Waals surface area contributed by atoms with Gasteiger partial charge in [-0.05, 0) is 24.6 Å². The van der Waals surface area contributed by atoms with Crippen molar-refractivity contribution < 1.29 is 0 Å². The normalized spacial score (nSPS) is 12.5. The summed E-state index contributed by atoms with van der Waals surface area (Å²) < 4.78 is 0. The number of hydrogen-bond acceptors (Lipinski definition) is 2. The molecule has 0 aliphatic carbocycles. The summed E-state index contributed by atoms with van der Waals surface area (Å²) in [6.07, 6.45) is 2.21. The van der Waals surface area contributed by atoms with Crippen LogP contribution in [-0.2, 0) is 0 Å². The monoisotopic (exact) mass is 201 g/mol. The second kappa shape index (κ2) is 5.19. The first-order valence-corrected chi connectivity index (χ1v) is 4.69. The maximum atomic E-state index is 5.11. The standard InChI is InChI=1S/C9H19N3S/c1-7(5-9(2,3)4)6-11-8(13)12-10/h5H,6,10H2,1-4H3,(H2,11,12,13). The zero-order valence-corrected chi connectivity index (χ0v) is 9.59. The van der Waals surface area contributed by atoms with Gasteiger partial charge in [0, 0.05) is 6.54 Å². The molecular formula is C9H19N3S. The second-order valence-electron chi connectivity index (χ2n) is 4.18. The van der Waals surface area contributed by atoms with E-state index in [9.17, 15) is 0 Å². The van der Waals surface area contributed by atoms with E-state index in [0.29, 0.717) is 5.11 Å². The molecular weight excluding hydrogens is 182 g/mol. The van der Waals surface area contributed by atoms with Gasteiger partial charge in [0.2, 0.25) is 0 Å². The number of allylic oxidation sites excluding steroid dienone is 1. The van der Waals surface area contributed by atoms with Crippen LogP contribution >= 0.6 is 12.2 Å². The first-order chi connectivity index (χ1) is 5.85. The van der Waals surface area contributed by atoms with Gasteiger partial charge in [-0.25, -0.2) is 5.84 Å². The van der Waals surface area contributed by atoms with Crippen molar-refractivity contribution in [3.8, 4) is 0 Å². The Kier molecular flexibility index (Phi) is 4.95. The van der Waals surface area contributed by atoms with Crippen molar-refractivity contribution in [1.82, 2.24) is 10.7 Å². The summed E-state index contributed by atoms with van der Waals surface area (Å²) in [4.78, 5) is 0. The van der Waals surface area contributed by atoms with Crippen LogP contribution in [0.1, 0.15) is 27.7 Å². The molecule has 4 heteroatoms. The van der Waals surface area contributed by atoms with Gasteiger partial charge in [0.25, 0.3) is 0 Å². The molecule has 0 aromatic rings. The Morgan fingerprint density at radius 2 is 2.00 bits per heavy atom. The summed E-state index contributed by atoms with van der Waals surface area (Å²) in [5, 5.41) is 3.46. The van der Waals surface area contributed by atoms with Crippen molar-refractivity contribution in [2.75, 3.05) is 6.54 Å². The molecule has 3 nitrogen and oxygen atoms in total. The maximum absolute atomic E-state index is 5.11. The third-order valence-electron chi connectivity index (χ3n) is 1.34. The van der Waals surface area contributed by atoms with Gasteiger partial charge in [0.15, 0.2) is 5.11 Å². The molecule has 0 heterocycles. The van der Waals surface area contributed by atoms with Crippen molar-refractivity contribution in [3.63, 3.8) is 0 Å². The minimum absolute atomic E-state index is 0.212. The predicted molar refractivity (Wildman–Crippen MR) is 61.1 cm³/mol. The highest BCUT2D eigenvalue weighted by Gasteiger charge is 2.05. The summed E-state index contributed by atoms with van der Waals surface area (Å²) in [5.41, 5.74) is 3.84. The molecule has 0 spiro atoms. The van der Waals surface area contributed by atoms with E-state index in [1.165, 1.54) is 5.57 Å². The van der Waals surface area contributed by atoms with Crippen molar-refractivity contribution >= 4 is 17.3 Å². The van der Waals surface area contributed by atoms with Gasteiger partial charge in [0.05, 0.1) is 0 Å². The van der Waals surface area contributed by atoms with Gasteiger partial charge in [0.1, 0.15) is 0 Å². The van der Waals surface area contributed by atoms with Crippen LogP contribution in [-0.4, -0.2) is 11.7 Å². The van der Waals surface area contributed by atoms with Crippen LogP contribution in [0.15, 0.2) is 11.6 Å². The summed E-state index contributed by atoms with van der Waals surface area (Å²) in [6.45, 7) is 9.29. The smallest absolute Gasteiger partial charge is 0.180 e. The van der Waals surface area contributed by atoms with Gasteiger partial charge in [-0.15, -0.1) is 0 Å². The van der Waals surface area contributed by atoms with Crippen molar-refractivity contribution in [1.29, 1.82) is 0 Å². The largest absolute Gasteiger partial charge is 0.358 e. The highest BCUT2D eigenvalue weighted by atomic mass is 32.1. The molecule has 76 valence electrons. The maximum Gasteiger partial charge on any atom is 0.180 e. The summed E-state index contributed by atoms with van der Waals surface area (Å²) in [7, 11) is 0. The van der Waals surface area contributed by atoms with E-state index in [2.05, 4.69) is 44.5 Å². The van der Waals surface area contributed by atoms with E-state index in [1.807, 2.05) is 0 Å². The summed E-state index contributed by atoms with van der Waals surface area (Å²) in [5.74, 6) is 5.11. The molecule has 0 atom stereocenters. The Hall–Kier alpha value is -0.610. The van der Waals surface area contributed by atoms with E-state index in [1.54, 1.807) is 0 Å². The fraction of sp³-hybridized carbons (Fsp3) is 0.667. The molecule has 0 bridgehead atoms. The van der Waals surface area contributed by atoms with Crippen LogP contribution in [0.4, 0.5) is 0 Å². The lowest BCUT2D eigenvalue weighted by Crippen LogP contribution is -2.40. The van der Waals surface area contributed by atoms with Crippen LogP contribution in [0, 0.1) is 5.41 Å². The zero-order chi connectivity index (χ0) is 10.5. The van der Waals surface area contributed by atoms with E-state index < -0.39 is 0 Å². The molecule has 4 N–H and O–H groups in total. The van der Waals surface area contributed by atoms with Gasteiger partial charge >= 0.3 is 0 Å². The van der Waals surface area contributed by atoms with E-state index in [-0.39, 0.29) is 5.41 Å². The van der Waals surface area contributed by atoms with Gasteiger partial charge in [-0.1, -0.05) is 32.4 Å². The molecule has 0 amide bonds. The molecule has 0 fully saturated rings. The summed E-state index contributed by atoms with van der Waals surface area (Å²) in [6, 6.07) is 0. The van der Waals surface area contributed by atoms with Crippen LogP contribution in [0.5, 0.6) is 0 Å². The first-order valence-electron chi connectivity index (χ1n) is 4.28. The third kappa shape index (κ3) is 7.74. The molecule has 0 aliphatic rings. The molecule has 0 unspecified atom stereocenters. The minimum atomic E-state index is 0.212. The molecule has 0 rings (SSSR count). The average molecular weight is 201 g/mol. The van der Waals surface area contributed by atoms with Crippen molar-refractivity contribution in [2.24, 2.45) is 11.3 Å². The third-order valence-corrected chi connectivity index (χ3v) is 1.60. The van der Waals surface area contributed by atoms with E-state index in [4.69, 9.17) is 18.1 Å². The van der Waals surface area contributed by atoms with Crippen molar-refractivity contribution in [3.05, 3.63) is 11.6 Å². The minimum Gasteiger partial charge on any atom is -0.358 e. The van der Waals surface area contributed by atoms with Crippen LogP contribution < -0.4 is 16.6 Å². The number of hydrogen-bond donors (Lipinski definition) is 3. The van der Waals surface area contributed by atoms with Gasteiger partial charge in [-0.3, -0.25) is 0 Å². The average Bonchev–Trinajstić information content (AvgIpc) is 1.97. The Morgan fingerprint density at radius 3 is 2.38 bits per heavy atom. The van der Waals surface area contributed by atoms with E-state index in [0.717, 1.165) is 6.54 Å². The lowest BCUT2D eigenvalue weighted by atomic mass is 9.94. The Bertz CT molecular complexity index is 203. The molecule has 0 aromatic carbocycles. The van der Waals surface area contributed by atoms with Crippen molar-refractivity contribution in [2.45, 2.75) is 27.7 Å². The lowest BCUT2D eigenvalue weighted by molar-refractivity contribution is 0.538. The summed E-state index contributed by atoms with van der Waals surface area (Å²) >= 11 is 4.84. The Morgan fingerprint density at radius 1 is 1.46 bits per heavy atom. The van der Waals surface area contributed by atoms with Crippen LogP contribution in [0.2, 0.25) is 0 Å². The van der Waals surface area contributed by atoms with Crippen LogP contribution in [0.25, 0.3) is 0 Å². The highest BCUT2D eigenvalue weighted by molar-refractivity contribution is 7.80. The Labute approximate surface area is 85.7 Å². The van der Waals surface area contributed by atoms with Gasteiger partial charge in [-0.2, -0.15) is 0 Å². The number of rotatable bonds is 2. The number of nitrogens with two attached hydrogens (primary N) is 1. The number of nitrogens with one attached hydrogen (secondary N) is 2. The number of hydrazine groups is 1. The fourth-order valence-corrected chi connectivity index (χ4v) is 1.13. The molecule has 13 heavy (non-hydrogen) atoms.